The normalized spacial score (nSPS) is 11.0. The molecule has 0 spiro atoms. The van der Waals surface area contributed by atoms with Crippen molar-refractivity contribution in [2.45, 2.75) is 0 Å². The van der Waals surface area contributed by atoms with Crippen molar-refractivity contribution in [2.24, 2.45) is 4.99 Å². The van der Waals surface area contributed by atoms with E-state index < -0.39 is 10.7 Å². The number of non-ortho nitro benzene ring substituents is 1. The summed E-state index contributed by atoms with van der Waals surface area (Å²) in [6.45, 7) is 0. The van der Waals surface area contributed by atoms with Gasteiger partial charge >= 0.3 is 0 Å². The smallest absolute Gasteiger partial charge is 0.271 e. The van der Waals surface area contributed by atoms with Gasteiger partial charge in [0.2, 0.25) is 0 Å². The number of nitro groups is 1. The van der Waals surface area contributed by atoms with Crippen LogP contribution in [0.3, 0.4) is 0 Å². The summed E-state index contributed by atoms with van der Waals surface area (Å²) in [6, 6.07) is 7.16. The topological polar surface area (TPSA) is 78.6 Å². The first kappa shape index (κ1) is 15.8. The molecule has 0 heterocycles. The van der Waals surface area contributed by atoms with Crippen LogP contribution in [0.25, 0.3) is 0 Å². The van der Waals surface area contributed by atoms with E-state index in [4.69, 9.17) is 23.2 Å². The Hall–Kier alpha value is -1.63. The summed E-state index contributed by atoms with van der Waals surface area (Å²) in [5.41, 5.74) is 0.235. The van der Waals surface area contributed by atoms with Gasteiger partial charge in [-0.2, -0.15) is 0 Å². The molecule has 2 rings (SSSR count). The minimum Gasteiger partial charge on any atom is -0.871 e. The average molecular weight is 389 g/mol. The van der Waals surface area contributed by atoms with Crippen LogP contribution in [0, 0.1) is 10.1 Å². The van der Waals surface area contributed by atoms with Gasteiger partial charge in [-0.25, -0.2) is 0 Å². The molecule has 0 aliphatic heterocycles. The first-order valence-electron chi connectivity index (χ1n) is 5.53. The molecule has 0 aliphatic carbocycles. The van der Waals surface area contributed by atoms with E-state index in [-0.39, 0.29) is 20.7 Å². The zero-order valence-corrected chi connectivity index (χ0v) is 13.3. The Bertz CT molecular complexity index is 750. The van der Waals surface area contributed by atoms with Crippen molar-refractivity contribution >= 4 is 56.7 Å². The highest BCUT2D eigenvalue weighted by molar-refractivity contribution is 9.10. The van der Waals surface area contributed by atoms with Crippen molar-refractivity contribution in [3.8, 4) is 5.75 Å². The Morgan fingerprint density at radius 2 is 2.00 bits per heavy atom. The maximum atomic E-state index is 11.9. The van der Waals surface area contributed by atoms with Crippen LogP contribution in [-0.2, 0) is 0 Å². The quantitative estimate of drug-likeness (QED) is 0.441. The summed E-state index contributed by atoms with van der Waals surface area (Å²) < 4.78 is 0.0929. The van der Waals surface area contributed by atoms with Gasteiger partial charge in [0.05, 0.1) is 20.7 Å². The number of halogens is 3. The zero-order chi connectivity index (χ0) is 15.6. The predicted molar refractivity (Wildman–Crippen MR) is 84.0 cm³/mol. The van der Waals surface area contributed by atoms with Gasteiger partial charge in [-0.1, -0.05) is 50.9 Å². The van der Waals surface area contributed by atoms with Crippen molar-refractivity contribution in [2.75, 3.05) is 0 Å². The van der Waals surface area contributed by atoms with Gasteiger partial charge in [0.1, 0.15) is 0 Å². The molecule has 0 unspecified atom stereocenters. The Kier molecular flexibility index (Phi) is 4.82. The second-order valence-corrected chi connectivity index (χ2v) is 5.57. The number of nitrogens with zero attached hydrogens (tertiary/aromatic N) is 2. The summed E-state index contributed by atoms with van der Waals surface area (Å²) in [4.78, 5) is 14.3. The highest BCUT2D eigenvalue weighted by Gasteiger charge is 2.09. The number of benzene rings is 2. The van der Waals surface area contributed by atoms with E-state index in [0.29, 0.717) is 10.7 Å². The number of nitro benzene ring substituents is 1. The van der Waals surface area contributed by atoms with Gasteiger partial charge in [-0.15, -0.1) is 0 Å². The highest BCUT2D eigenvalue weighted by Crippen LogP contribution is 2.33. The van der Waals surface area contributed by atoms with Crippen molar-refractivity contribution in [3.05, 3.63) is 60.5 Å². The standard InChI is InChI=1S/C13H7BrCl2N2O3/c14-9-5-8(18(20)21)4-7(13(9)19)6-17-11-3-1-2-10(15)12(11)16/h1-6,19H/p-1. The summed E-state index contributed by atoms with van der Waals surface area (Å²) in [6.07, 6.45) is 1.22. The Labute approximate surface area is 138 Å². The molecule has 2 aromatic carbocycles. The van der Waals surface area contributed by atoms with Gasteiger partial charge in [0.25, 0.3) is 5.69 Å². The van der Waals surface area contributed by atoms with Crippen molar-refractivity contribution < 1.29 is 10.0 Å². The van der Waals surface area contributed by atoms with Crippen molar-refractivity contribution in [3.63, 3.8) is 0 Å². The van der Waals surface area contributed by atoms with Crippen LogP contribution in [0.5, 0.6) is 5.75 Å². The van der Waals surface area contributed by atoms with E-state index in [2.05, 4.69) is 20.9 Å². The lowest BCUT2D eigenvalue weighted by Crippen LogP contribution is -1.99. The molecule has 0 N–H and O–H groups in total. The molecule has 0 atom stereocenters. The molecule has 2 aromatic rings. The third kappa shape index (κ3) is 3.53. The van der Waals surface area contributed by atoms with Crippen LogP contribution in [-0.4, -0.2) is 11.1 Å². The van der Waals surface area contributed by atoms with Gasteiger partial charge in [-0.05, 0) is 17.7 Å². The Balaban J connectivity index is 2.45. The monoisotopic (exact) mass is 387 g/mol. The molecule has 0 saturated carbocycles. The fourth-order valence-electron chi connectivity index (χ4n) is 1.53. The minimum absolute atomic E-state index is 0.0760. The van der Waals surface area contributed by atoms with Gasteiger partial charge in [0, 0.05) is 22.8 Å². The van der Waals surface area contributed by atoms with E-state index in [1.807, 2.05) is 0 Å². The summed E-state index contributed by atoms with van der Waals surface area (Å²) in [5, 5.41) is 23.3. The molecule has 5 nitrogen and oxygen atoms in total. The molecule has 8 heteroatoms. The van der Waals surface area contributed by atoms with E-state index in [1.165, 1.54) is 6.21 Å². The third-order valence-electron chi connectivity index (χ3n) is 2.54. The fourth-order valence-corrected chi connectivity index (χ4v) is 2.34. The van der Waals surface area contributed by atoms with Crippen LogP contribution < -0.4 is 5.11 Å². The maximum absolute atomic E-state index is 11.9. The molecule has 0 aliphatic rings. The highest BCUT2D eigenvalue weighted by atomic mass is 79.9. The second-order valence-electron chi connectivity index (χ2n) is 3.93. The molecule has 108 valence electrons. The van der Waals surface area contributed by atoms with Crippen LogP contribution in [0.2, 0.25) is 10.0 Å². The Morgan fingerprint density at radius 3 is 2.67 bits per heavy atom. The maximum Gasteiger partial charge on any atom is 0.271 e. The largest absolute Gasteiger partial charge is 0.871 e. The average Bonchev–Trinajstić information content (AvgIpc) is 2.44. The molecular weight excluding hydrogens is 383 g/mol. The fraction of sp³-hybridized carbons (Fsp3) is 0. The molecule has 0 fully saturated rings. The van der Waals surface area contributed by atoms with Crippen molar-refractivity contribution in [1.29, 1.82) is 0 Å². The summed E-state index contributed by atoms with van der Waals surface area (Å²) >= 11 is 14.8. The third-order valence-corrected chi connectivity index (χ3v) is 3.94. The first-order chi connectivity index (χ1) is 9.90. The molecule has 21 heavy (non-hydrogen) atoms. The molecule has 0 bridgehead atoms. The lowest BCUT2D eigenvalue weighted by Gasteiger charge is -2.12. The van der Waals surface area contributed by atoms with E-state index in [1.54, 1.807) is 18.2 Å². The molecule has 0 radical (unpaired) electrons. The van der Waals surface area contributed by atoms with E-state index in [9.17, 15) is 15.2 Å². The van der Waals surface area contributed by atoms with Crippen molar-refractivity contribution in [1.82, 2.24) is 0 Å². The lowest BCUT2D eigenvalue weighted by atomic mass is 10.2. The molecular formula is C13H6BrCl2N2O3-. The minimum atomic E-state index is -0.589. The SMILES string of the molecule is O=[N+]([O-])c1cc(Br)c([O-])c(C=Nc2cccc(Cl)c2Cl)c1. The van der Waals surface area contributed by atoms with Gasteiger partial charge < -0.3 is 5.11 Å². The van der Waals surface area contributed by atoms with Gasteiger partial charge in [-0.3, -0.25) is 15.1 Å². The van der Waals surface area contributed by atoms with Crippen LogP contribution in [0.15, 0.2) is 39.8 Å². The van der Waals surface area contributed by atoms with E-state index >= 15 is 0 Å². The molecule has 0 saturated heterocycles. The predicted octanol–water partition coefficient (Wildman–Crippen LogP) is 4.49. The lowest BCUT2D eigenvalue weighted by molar-refractivity contribution is -0.385. The summed E-state index contributed by atoms with van der Waals surface area (Å²) in [5.74, 6) is -0.400. The number of hydrogen-bond donors (Lipinski definition) is 0. The second kappa shape index (κ2) is 6.43. The molecule has 0 amide bonds. The molecule has 0 aromatic heterocycles. The van der Waals surface area contributed by atoms with Crippen LogP contribution in [0.4, 0.5) is 11.4 Å². The Morgan fingerprint density at radius 1 is 1.29 bits per heavy atom. The first-order valence-corrected chi connectivity index (χ1v) is 7.08. The number of rotatable bonds is 3. The summed E-state index contributed by atoms with van der Waals surface area (Å²) in [7, 11) is 0. The zero-order valence-electron chi connectivity index (χ0n) is 10.2. The number of hydrogen-bond acceptors (Lipinski definition) is 4. The number of aliphatic imine (C=N–C) groups is 1. The van der Waals surface area contributed by atoms with Crippen LogP contribution >= 0.6 is 39.1 Å². The van der Waals surface area contributed by atoms with E-state index in [0.717, 1.165) is 12.1 Å². The van der Waals surface area contributed by atoms with Crippen LogP contribution in [0.1, 0.15) is 5.56 Å². The van der Waals surface area contributed by atoms with Gasteiger partial charge in [0.15, 0.2) is 0 Å².